The smallest absolute Gasteiger partial charge is 0.244 e. The molecule has 0 fully saturated rings. The predicted molar refractivity (Wildman–Crippen MR) is 142 cm³/mol. The van der Waals surface area contributed by atoms with Crippen molar-refractivity contribution in [3.05, 3.63) is 63.1 Å². The van der Waals surface area contributed by atoms with Crippen LogP contribution in [0.5, 0.6) is 0 Å². The van der Waals surface area contributed by atoms with Gasteiger partial charge in [0, 0.05) is 28.2 Å². The van der Waals surface area contributed by atoms with Gasteiger partial charge in [-0.2, -0.15) is 0 Å². The molecule has 0 aliphatic carbocycles. The van der Waals surface area contributed by atoms with Gasteiger partial charge in [-0.05, 0) is 69.5 Å². The minimum atomic E-state index is -3.81. The lowest BCUT2D eigenvalue weighted by molar-refractivity contribution is -0.140. The van der Waals surface area contributed by atoms with Gasteiger partial charge in [-0.15, -0.1) is 0 Å². The van der Waals surface area contributed by atoms with Crippen LogP contribution in [0.25, 0.3) is 0 Å². The fraction of sp³-hybridized carbons (Fsp3) is 0.440. The number of rotatable bonds is 10. The number of aryl methyl sites for hydroxylation is 2. The van der Waals surface area contributed by atoms with Gasteiger partial charge in [0.05, 0.1) is 11.9 Å². The first-order valence-electron chi connectivity index (χ1n) is 11.3. The molecule has 0 saturated carbocycles. The predicted octanol–water partition coefficient (Wildman–Crippen LogP) is 4.71. The molecule has 0 aromatic heterocycles. The van der Waals surface area contributed by atoms with Crippen LogP contribution in [0.2, 0.25) is 10.0 Å². The lowest BCUT2D eigenvalue weighted by Gasteiger charge is -2.33. The van der Waals surface area contributed by atoms with Gasteiger partial charge in [0.2, 0.25) is 21.8 Å². The van der Waals surface area contributed by atoms with E-state index < -0.39 is 28.5 Å². The van der Waals surface area contributed by atoms with E-state index in [1.54, 1.807) is 37.3 Å². The molecule has 2 aromatic rings. The number of nitrogens with one attached hydrogen (secondary N) is 1. The number of amides is 2. The molecule has 0 spiro atoms. The van der Waals surface area contributed by atoms with E-state index in [-0.39, 0.29) is 18.5 Å². The third kappa shape index (κ3) is 7.85. The van der Waals surface area contributed by atoms with Crippen molar-refractivity contribution in [2.24, 2.45) is 0 Å². The molecule has 0 heterocycles. The number of halogens is 2. The van der Waals surface area contributed by atoms with Gasteiger partial charge in [0.1, 0.15) is 12.6 Å². The van der Waals surface area contributed by atoms with Crippen molar-refractivity contribution in [3.8, 4) is 0 Å². The Balaban J connectivity index is 2.54. The maximum absolute atomic E-state index is 13.7. The zero-order chi connectivity index (χ0) is 26.5. The molecule has 35 heavy (non-hydrogen) atoms. The van der Waals surface area contributed by atoms with Gasteiger partial charge < -0.3 is 10.2 Å². The zero-order valence-corrected chi connectivity index (χ0v) is 23.3. The van der Waals surface area contributed by atoms with E-state index in [9.17, 15) is 18.0 Å². The first-order chi connectivity index (χ1) is 16.2. The summed E-state index contributed by atoms with van der Waals surface area (Å²) in [4.78, 5) is 28.1. The van der Waals surface area contributed by atoms with Gasteiger partial charge in [-0.1, -0.05) is 42.3 Å². The largest absolute Gasteiger partial charge is 0.352 e. The SMILES string of the molecule is CC[C@@H](C(=O)NC(C)C)N(Cc1c(Cl)cccc1Cl)C(=O)CN(c1cc(C)cc(C)c1)S(C)(=O)=O. The van der Waals surface area contributed by atoms with Gasteiger partial charge in [0.25, 0.3) is 0 Å². The summed E-state index contributed by atoms with van der Waals surface area (Å²) < 4.78 is 26.5. The number of sulfonamides is 1. The summed E-state index contributed by atoms with van der Waals surface area (Å²) in [6.45, 7) is 8.63. The summed E-state index contributed by atoms with van der Waals surface area (Å²) in [5.74, 6) is -0.882. The number of benzene rings is 2. The Morgan fingerprint density at radius 1 is 1.03 bits per heavy atom. The number of anilines is 1. The van der Waals surface area contributed by atoms with Gasteiger partial charge in [-0.3, -0.25) is 13.9 Å². The van der Waals surface area contributed by atoms with E-state index in [1.807, 2.05) is 33.8 Å². The minimum Gasteiger partial charge on any atom is -0.352 e. The summed E-state index contributed by atoms with van der Waals surface area (Å²) >= 11 is 12.7. The van der Waals surface area contributed by atoms with Crippen LogP contribution in [0.15, 0.2) is 36.4 Å². The second kappa shape index (κ2) is 12.1. The van der Waals surface area contributed by atoms with Crippen molar-refractivity contribution in [1.82, 2.24) is 10.2 Å². The molecule has 1 atom stereocenters. The van der Waals surface area contributed by atoms with Crippen molar-refractivity contribution in [1.29, 1.82) is 0 Å². The number of hydrogen-bond acceptors (Lipinski definition) is 4. The molecule has 7 nitrogen and oxygen atoms in total. The highest BCUT2D eigenvalue weighted by Crippen LogP contribution is 2.28. The van der Waals surface area contributed by atoms with Crippen molar-refractivity contribution < 1.29 is 18.0 Å². The molecule has 0 unspecified atom stereocenters. The normalized spacial score (nSPS) is 12.4. The molecular weight excluding hydrogens is 509 g/mol. The van der Waals surface area contributed by atoms with E-state index in [4.69, 9.17) is 23.2 Å². The highest BCUT2D eigenvalue weighted by atomic mass is 35.5. The van der Waals surface area contributed by atoms with Crippen molar-refractivity contribution in [2.75, 3.05) is 17.1 Å². The second-order valence-electron chi connectivity index (χ2n) is 8.92. The standard InChI is InChI=1S/C25H33Cl2N3O4S/c1-7-23(25(32)28-16(2)3)29(14-20-21(26)9-8-10-22(20)27)24(31)15-30(35(6,33)34)19-12-17(4)11-18(5)13-19/h8-13,16,23H,7,14-15H2,1-6H3,(H,28,32)/t23-/m0/s1. The average molecular weight is 543 g/mol. The topological polar surface area (TPSA) is 86.8 Å². The van der Waals surface area contributed by atoms with Crippen LogP contribution in [-0.2, 0) is 26.2 Å². The monoisotopic (exact) mass is 541 g/mol. The number of carbonyl (C=O) groups excluding carboxylic acids is 2. The second-order valence-corrected chi connectivity index (χ2v) is 11.6. The fourth-order valence-corrected chi connectivity index (χ4v) is 5.21. The number of carbonyl (C=O) groups is 2. The van der Waals surface area contributed by atoms with Crippen molar-refractivity contribution in [2.45, 2.75) is 59.7 Å². The molecule has 0 radical (unpaired) electrons. The van der Waals surface area contributed by atoms with Crippen molar-refractivity contribution in [3.63, 3.8) is 0 Å². The van der Waals surface area contributed by atoms with Crippen molar-refractivity contribution >= 4 is 50.7 Å². The maximum atomic E-state index is 13.7. The number of hydrogen-bond donors (Lipinski definition) is 1. The van der Waals surface area contributed by atoms with E-state index >= 15 is 0 Å². The van der Waals surface area contributed by atoms with Crippen LogP contribution in [0, 0.1) is 13.8 Å². The summed E-state index contributed by atoms with van der Waals surface area (Å²) in [5, 5.41) is 3.54. The van der Waals surface area contributed by atoms with Crippen LogP contribution in [0.1, 0.15) is 43.9 Å². The van der Waals surface area contributed by atoms with Gasteiger partial charge in [0.15, 0.2) is 0 Å². The van der Waals surface area contributed by atoms with Crippen LogP contribution in [0.3, 0.4) is 0 Å². The Kier molecular flexibility index (Phi) is 10.0. The van der Waals surface area contributed by atoms with Crippen LogP contribution < -0.4 is 9.62 Å². The molecule has 0 aliphatic rings. The molecule has 1 N–H and O–H groups in total. The molecular formula is C25H33Cl2N3O4S. The van der Waals surface area contributed by atoms with E-state index in [0.29, 0.717) is 27.7 Å². The third-order valence-electron chi connectivity index (χ3n) is 5.38. The van der Waals surface area contributed by atoms with Gasteiger partial charge in [-0.25, -0.2) is 8.42 Å². The third-order valence-corrected chi connectivity index (χ3v) is 7.23. The molecule has 2 amide bonds. The Labute approximate surface area is 218 Å². The van der Waals surface area contributed by atoms with E-state index in [2.05, 4.69) is 5.32 Å². The molecule has 0 saturated heterocycles. The molecule has 0 aliphatic heterocycles. The Morgan fingerprint density at radius 3 is 2.03 bits per heavy atom. The maximum Gasteiger partial charge on any atom is 0.244 e. The fourth-order valence-electron chi connectivity index (χ4n) is 3.86. The molecule has 2 rings (SSSR count). The highest BCUT2D eigenvalue weighted by molar-refractivity contribution is 7.92. The summed E-state index contributed by atoms with van der Waals surface area (Å²) in [7, 11) is -3.81. The highest BCUT2D eigenvalue weighted by Gasteiger charge is 2.32. The first kappa shape index (κ1) is 28.9. The van der Waals surface area contributed by atoms with Crippen LogP contribution in [0.4, 0.5) is 5.69 Å². The molecule has 0 bridgehead atoms. The molecule has 10 heteroatoms. The van der Waals surface area contributed by atoms with Crippen LogP contribution >= 0.6 is 23.2 Å². The Hall–Kier alpha value is -2.29. The summed E-state index contributed by atoms with van der Waals surface area (Å²) in [6, 6.07) is 9.34. The van der Waals surface area contributed by atoms with Crippen LogP contribution in [-0.4, -0.2) is 50.0 Å². The van der Waals surface area contributed by atoms with E-state index in [1.165, 1.54) is 4.90 Å². The van der Waals surface area contributed by atoms with Gasteiger partial charge >= 0.3 is 0 Å². The number of nitrogens with zero attached hydrogens (tertiary/aromatic N) is 2. The Bertz CT molecular complexity index is 1140. The molecule has 192 valence electrons. The lowest BCUT2D eigenvalue weighted by atomic mass is 10.1. The van der Waals surface area contributed by atoms with E-state index in [0.717, 1.165) is 21.7 Å². The Morgan fingerprint density at radius 2 is 1.57 bits per heavy atom. The first-order valence-corrected chi connectivity index (χ1v) is 13.9. The zero-order valence-electron chi connectivity index (χ0n) is 20.9. The molecule has 2 aromatic carbocycles. The summed E-state index contributed by atoms with van der Waals surface area (Å²) in [5.41, 5.74) is 2.60. The lowest BCUT2D eigenvalue weighted by Crippen LogP contribution is -2.53. The average Bonchev–Trinajstić information content (AvgIpc) is 2.71. The quantitative estimate of drug-likeness (QED) is 0.471. The minimum absolute atomic E-state index is 0.0498. The summed E-state index contributed by atoms with van der Waals surface area (Å²) in [6.07, 6.45) is 1.37.